The normalized spacial score (nSPS) is 15.0. The molecule has 0 bridgehead atoms. The number of carbonyl (C=O) groups is 1. The number of phosphoric acid groups is 1. The second-order valence-corrected chi connectivity index (χ2v) is 13.7. The Hall–Kier alpha value is -1.84. The highest BCUT2D eigenvalue weighted by atomic mass is 31.2. The van der Waals surface area contributed by atoms with E-state index in [9.17, 15) is 19.4 Å². The van der Waals surface area contributed by atoms with Gasteiger partial charge in [-0.1, -0.05) is 132 Å². The highest BCUT2D eigenvalue weighted by Gasteiger charge is 2.26. The minimum absolute atomic E-state index is 0.0302. The average molecular weight is 713 g/mol. The van der Waals surface area contributed by atoms with Crippen molar-refractivity contribution in [3.05, 3.63) is 60.8 Å². The summed E-state index contributed by atoms with van der Waals surface area (Å²) in [6.07, 6.45) is 39.1. The van der Waals surface area contributed by atoms with Crippen molar-refractivity contribution in [1.29, 1.82) is 0 Å². The molecule has 0 aliphatic carbocycles. The molecule has 0 aromatic rings. The monoisotopic (exact) mass is 712 g/mol. The Morgan fingerprint density at radius 3 is 1.76 bits per heavy atom. The molecule has 3 unspecified atom stereocenters. The van der Waals surface area contributed by atoms with Crippen molar-refractivity contribution >= 4 is 13.8 Å². The molecule has 0 fully saturated rings. The molecule has 0 aromatic heterocycles. The van der Waals surface area contributed by atoms with Crippen LogP contribution in [0.15, 0.2) is 60.8 Å². The maximum absolute atomic E-state index is 12.5. The van der Waals surface area contributed by atoms with E-state index < -0.39 is 39.2 Å². The molecule has 0 saturated carbocycles. The minimum Gasteiger partial charge on any atom is -0.457 e. The zero-order chi connectivity index (χ0) is 36.1. The molecule has 0 saturated heterocycles. The van der Waals surface area contributed by atoms with Crippen molar-refractivity contribution in [2.75, 3.05) is 33.0 Å². The van der Waals surface area contributed by atoms with E-state index in [1.54, 1.807) is 0 Å². The smallest absolute Gasteiger partial charge is 0.457 e. The van der Waals surface area contributed by atoms with Crippen LogP contribution in [0.1, 0.15) is 136 Å². The molecule has 0 aliphatic heterocycles. The fourth-order valence-corrected chi connectivity index (χ4v) is 5.40. The molecule has 0 rings (SSSR count). The Bertz CT molecular complexity index is 945. The summed E-state index contributed by atoms with van der Waals surface area (Å²) >= 11 is 0. The molecular weight excluding hydrogens is 643 g/mol. The number of allylic oxidation sites excluding steroid dienone is 10. The van der Waals surface area contributed by atoms with E-state index >= 15 is 0 Å². The molecule has 0 heterocycles. The third kappa shape index (κ3) is 35.8. The maximum atomic E-state index is 12.5. The van der Waals surface area contributed by atoms with Crippen molar-refractivity contribution in [3.8, 4) is 0 Å². The van der Waals surface area contributed by atoms with Gasteiger partial charge in [0, 0.05) is 13.0 Å². The van der Waals surface area contributed by atoms with E-state index in [1.807, 2.05) is 0 Å². The Morgan fingerprint density at radius 1 is 0.653 bits per heavy atom. The fraction of sp³-hybridized carbons (Fsp3) is 0.718. The third-order valence-corrected chi connectivity index (χ3v) is 8.42. The number of hydrogen-bond acceptors (Lipinski definition) is 8. The van der Waals surface area contributed by atoms with Gasteiger partial charge in [0.05, 0.1) is 26.4 Å². The molecule has 0 spiro atoms. The lowest BCUT2D eigenvalue weighted by atomic mass is 10.1. The summed E-state index contributed by atoms with van der Waals surface area (Å²) in [7, 11) is -4.51. The van der Waals surface area contributed by atoms with Crippen LogP contribution in [0.5, 0.6) is 0 Å². The Balaban J connectivity index is 4.22. The number of unbranched alkanes of at least 4 members (excludes halogenated alkanes) is 11. The van der Waals surface area contributed by atoms with Gasteiger partial charge < -0.3 is 24.6 Å². The first-order valence-corrected chi connectivity index (χ1v) is 20.3. The van der Waals surface area contributed by atoms with Crippen LogP contribution in [0.2, 0.25) is 0 Å². The summed E-state index contributed by atoms with van der Waals surface area (Å²) in [5.74, 6) is -0.400. The van der Waals surface area contributed by atoms with Crippen LogP contribution < -0.4 is 0 Å². The van der Waals surface area contributed by atoms with Gasteiger partial charge in [-0.25, -0.2) is 4.57 Å². The van der Waals surface area contributed by atoms with Gasteiger partial charge in [-0.3, -0.25) is 13.8 Å². The predicted octanol–water partition coefficient (Wildman–Crippen LogP) is 9.63. The summed E-state index contributed by atoms with van der Waals surface area (Å²) in [5.41, 5.74) is 0. The van der Waals surface area contributed by atoms with E-state index in [-0.39, 0.29) is 19.6 Å². The predicted molar refractivity (Wildman–Crippen MR) is 200 cm³/mol. The first-order valence-electron chi connectivity index (χ1n) is 18.8. The van der Waals surface area contributed by atoms with Crippen molar-refractivity contribution < 1.29 is 43.0 Å². The largest absolute Gasteiger partial charge is 0.472 e. The summed E-state index contributed by atoms with van der Waals surface area (Å²) in [5, 5.41) is 18.2. The van der Waals surface area contributed by atoms with Crippen LogP contribution in [0, 0.1) is 0 Å². The number of rotatable bonds is 35. The van der Waals surface area contributed by atoms with Crippen molar-refractivity contribution in [2.45, 2.75) is 148 Å². The SMILES string of the molecule is CC/C=C\C/C=C\C/C=C\C/C=C\C/C=C\CCCCCCOCC(COP(=O)(O)OCC(O)CO)OC(=O)CCCCCCCCCC. The van der Waals surface area contributed by atoms with Crippen molar-refractivity contribution in [1.82, 2.24) is 0 Å². The summed E-state index contributed by atoms with van der Waals surface area (Å²) in [6.45, 7) is 3.28. The van der Waals surface area contributed by atoms with Crippen LogP contribution in [-0.4, -0.2) is 66.3 Å². The van der Waals surface area contributed by atoms with E-state index in [0.717, 1.165) is 83.5 Å². The number of ether oxygens (including phenoxy) is 2. The van der Waals surface area contributed by atoms with Gasteiger partial charge in [-0.05, 0) is 57.8 Å². The van der Waals surface area contributed by atoms with Crippen molar-refractivity contribution in [2.24, 2.45) is 0 Å². The third-order valence-electron chi connectivity index (χ3n) is 7.47. The molecule has 0 aliphatic rings. The van der Waals surface area contributed by atoms with E-state index in [1.165, 1.54) is 32.1 Å². The van der Waals surface area contributed by atoms with E-state index in [4.69, 9.17) is 23.6 Å². The first-order chi connectivity index (χ1) is 23.8. The van der Waals surface area contributed by atoms with Crippen LogP contribution in [0.4, 0.5) is 0 Å². The molecule has 284 valence electrons. The molecule has 0 amide bonds. The van der Waals surface area contributed by atoms with Crippen LogP contribution in [0.25, 0.3) is 0 Å². The standard InChI is InChI=1S/C39H69O9P/c1-3-5-7-9-11-13-14-15-16-17-18-19-20-21-22-23-24-26-28-30-32-45-35-38(36-47-49(43,44)46-34-37(41)33-40)48-39(42)31-29-27-25-12-10-8-6-4-2/h5,7,11,13,15-16,18-19,21-22,37-38,40-41H,3-4,6,8-10,12,14,17,20,23-36H2,1-2H3,(H,43,44)/b7-5-,13-11-,16-15-,19-18-,22-21-. The number of phosphoric ester groups is 1. The van der Waals surface area contributed by atoms with Gasteiger partial charge in [0.15, 0.2) is 0 Å². The molecule has 3 N–H and O–H groups in total. The Kier molecular flexibility index (Phi) is 34.6. The number of aliphatic hydroxyl groups is 2. The van der Waals surface area contributed by atoms with Gasteiger partial charge in [0.25, 0.3) is 0 Å². The molecule has 0 aromatic carbocycles. The molecule has 10 heteroatoms. The molecule has 0 radical (unpaired) electrons. The van der Waals surface area contributed by atoms with Crippen LogP contribution in [0.3, 0.4) is 0 Å². The van der Waals surface area contributed by atoms with Gasteiger partial charge in [-0.15, -0.1) is 0 Å². The molecule has 49 heavy (non-hydrogen) atoms. The van der Waals surface area contributed by atoms with Gasteiger partial charge in [-0.2, -0.15) is 0 Å². The van der Waals surface area contributed by atoms with Crippen molar-refractivity contribution in [3.63, 3.8) is 0 Å². The molecule has 9 nitrogen and oxygen atoms in total. The number of carbonyl (C=O) groups excluding carboxylic acids is 1. The Labute approximate surface area is 298 Å². The first kappa shape index (κ1) is 47.2. The quantitative estimate of drug-likeness (QED) is 0.0254. The summed E-state index contributed by atoms with van der Waals surface area (Å²) in [6, 6.07) is 0. The highest BCUT2D eigenvalue weighted by Crippen LogP contribution is 2.43. The second-order valence-electron chi connectivity index (χ2n) is 12.2. The zero-order valence-corrected chi connectivity index (χ0v) is 31.5. The average Bonchev–Trinajstić information content (AvgIpc) is 3.09. The summed E-state index contributed by atoms with van der Waals surface area (Å²) < 4.78 is 33.1. The number of esters is 1. The topological polar surface area (TPSA) is 132 Å². The lowest BCUT2D eigenvalue weighted by Gasteiger charge is -2.20. The zero-order valence-electron chi connectivity index (χ0n) is 30.6. The van der Waals surface area contributed by atoms with Crippen LogP contribution in [-0.2, 0) is 27.9 Å². The lowest BCUT2D eigenvalue weighted by Crippen LogP contribution is -2.29. The van der Waals surface area contributed by atoms with E-state index in [0.29, 0.717) is 6.61 Å². The Morgan fingerprint density at radius 2 is 1.16 bits per heavy atom. The van der Waals surface area contributed by atoms with Gasteiger partial charge in [0.2, 0.25) is 0 Å². The van der Waals surface area contributed by atoms with Gasteiger partial charge >= 0.3 is 13.8 Å². The van der Waals surface area contributed by atoms with Crippen LogP contribution >= 0.6 is 7.82 Å². The molecular formula is C39H69O9P. The summed E-state index contributed by atoms with van der Waals surface area (Å²) in [4.78, 5) is 22.4. The van der Waals surface area contributed by atoms with E-state index in [2.05, 4.69) is 74.6 Å². The minimum atomic E-state index is -4.51. The number of aliphatic hydroxyl groups excluding tert-OH is 2. The lowest BCUT2D eigenvalue weighted by molar-refractivity contribution is -0.154. The highest BCUT2D eigenvalue weighted by molar-refractivity contribution is 7.47. The fourth-order valence-electron chi connectivity index (χ4n) is 4.61. The molecule has 3 atom stereocenters. The van der Waals surface area contributed by atoms with Gasteiger partial charge in [0.1, 0.15) is 12.2 Å². The maximum Gasteiger partial charge on any atom is 0.472 e. The second kappa shape index (κ2) is 36.0. The number of hydrogen-bond donors (Lipinski definition) is 3.